The van der Waals surface area contributed by atoms with Crippen LogP contribution in [0.25, 0.3) is 26.6 Å². The number of nitrogens with one attached hydrogen (secondary N) is 2. The van der Waals surface area contributed by atoms with Gasteiger partial charge in [0.15, 0.2) is 0 Å². The second kappa shape index (κ2) is 6.53. The van der Waals surface area contributed by atoms with E-state index in [2.05, 4.69) is 10.1 Å². The van der Waals surface area contributed by atoms with E-state index in [1.165, 1.54) is 29.9 Å². The lowest BCUT2D eigenvalue weighted by atomic mass is 9.96. The molecule has 4 aromatic rings. The average molecular weight is 394 g/mol. The van der Waals surface area contributed by atoms with Crippen molar-refractivity contribution in [3.05, 3.63) is 69.5 Å². The molecule has 28 heavy (non-hydrogen) atoms. The van der Waals surface area contributed by atoms with Crippen molar-refractivity contribution in [1.82, 2.24) is 14.8 Å². The van der Waals surface area contributed by atoms with Crippen LogP contribution in [0.2, 0.25) is 0 Å². The summed E-state index contributed by atoms with van der Waals surface area (Å²) >= 11 is 1.40. The summed E-state index contributed by atoms with van der Waals surface area (Å²) in [5.74, 6) is 0. The summed E-state index contributed by atoms with van der Waals surface area (Å²) in [4.78, 5) is 17.4. The summed E-state index contributed by atoms with van der Waals surface area (Å²) in [6.45, 7) is 4.98. The van der Waals surface area contributed by atoms with Crippen LogP contribution in [-0.2, 0) is 5.67 Å². The Balaban J connectivity index is 1.89. The normalized spacial score (nSPS) is 11.9. The monoisotopic (exact) mass is 394 g/mol. The molecule has 0 amide bonds. The van der Waals surface area contributed by atoms with E-state index in [0.29, 0.717) is 22.0 Å². The van der Waals surface area contributed by atoms with Crippen molar-refractivity contribution >= 4 is 27.8 Å². The highest BCUT2D eigenvalue weighted by atomic mass is 32.1. The molecule has 7 heteroatoms. The van der Waals surface area contributed by atoms with Crippen LogP contribution < -0.4 is 5.56 Å². The third-order valence-corrected chi connectivity index (χ3v) is 5.64. The molecule has 2 aromatic carbocycles. The largest absolute Gasteiger partial charge is 0.308 e. The van der Waals surface area contributed by atoms with Crippen LogP contribution in [-0.4, -0.2) is 21.0 Å². The van der Waals surface area contributed by atoms with Crippen molar-refractivity contribution in [2.75, 3.05) is 0 Å². The number of alkyl halides is 1. The Kier molecular flexibility index (Phi) is 4.27. The van der Waals surface area contributed by atoms with E-state index in [4.69, 9.17) is 5.41 Å². The molecular formula is C21H19FN4OS. The SMILES string of the molecule is Cc1ccc2nc(-n3[nH]c(-c4cccc(C(C)(C)F)c4)c(C=N)c3=O)sc2c1. The van der Waals surface area contributed by atoms with Gasteiger partial charge in [-0.25, -0.2) is 9.37 Å². The fourth-order valence-electron chi connectivity index (χ4n) is 3.10. The third-order valence-electron chi connectivity index (χ3n) is 4.63. The van der Waals surface area contributed by atoms with Gasteiger partial charge in [0.05, 0.1) is 21.5 Å². The highest BCUT2D eigenvalue weighted by Gasteiger charge is 2.22. The summed E-state index contributed by atoms with van der Waals surface area (Å²) in [5, 5.41) is 11.3. The van der Waals surface area contributed by atoms with E-state index in [9.17, 15) is 9.18 Å². The van der Waals surface area contributed by atoms with Crippen molar-refractivity contribution in [3.63, 3.8) is 0 Å². The fourth-order valence-corrected chi connectivity index (χ4v) is 4.12. The molecule has 0 bridgehead atoms. The molecule has 2 N–H and O–H groups in total. The molecule has 0 fully saturated rings. The van der Waals surface area contributed by atoms with Crippen molar-refractivity contribution in [2.24, 2.45) is 0 Å². The molecule has 0 spiro atoms. The number of aryl methyl sites for hydroxylation is 1. The molecule has 0 atom stereocenters. The van der Waals surface area contributed by atoms with E-state index in [0.717, 1.165) is 22.0 Å². The molecule has 5 nitrogen and oxygen atoms in total. The molecule has 0 saturated heterocycles. The molecular weight excluding hydrogens is 375 g/mol. The second-order valence-corrected chi connectivity index (χ2v) is 8.22. The Morgan fingerprint density at radius 2 is 2.04 bits per heavy atom. The van der Waals surface area contributed by atoms with Crippen LogP contribution in [0.3, 0.4) is 0 Å². The predicted molar refractivity (Wildman–Crippen MR) is 112 cm³/mol. The summed E-state index contributed by atoms with van der Waals surface area (Å²) in [7, 11) is 0. The number of H-pyrrole nitrogens is 1. The molecule has 4 rings (SSSR count). The van der Waals surface area contributed by atoms with Gasteiger partial charge in [0.2, 0.25) is 5.13 Å². The van der Waals surface area contributed by atoms with Crippen LogP contribution in [0.15, 0.2) is 47.3 Å². The topological polar surface area (TPSA) is 74.5 Å². The summed E-state index contributed by atoms with van der Waals surface area (Å²) < 4.78 is 16.7. The first-order valence-electron chi connectivity index (χ1n) is 8.81. The van der Waals surface area contributed by atoms with Crippen LogP contribution >= 0.6 is 11.3 Å². The Morgan fingerprint density at radius 3 is 2.75 bits per heavy atom. The van der Waals surface area contributed by atoms with Gasteiger partial charge in [-0.1, -0.05) is 35.6 Å². The number of nitrogens with zero attached hydrogens (tertiary/aromatic N) is 2. The molecule has 2 heterocycles. The molecule has 0 unspecified atom stereocenters. The van der Waals surface area contributed by atoms with Gasteiger partial charge in [-0.3, -0.25) is 9.89 Å². The van der Waals surface area contributed by atoms with Crippen molar-refractivity contribution in [1.29, 1.82) is 5.41 Å². The zero-order chi connectivity index (χ0) is 20.1. The molecule has 0 saturated carbocycles. The zero-order valence-electron chi connectivity index (χ0n) is 15.7. The van der Waals surface area contributed by atoms with Gasteiger partial charge in [-0.2, -0.15) is 4.68 Å². The van der Waals surface area contributed by atoms with Crippen LogP contribution in [0.5, 0.6) is 0 Å². The maximum atomic E-state index is 14.4. The number of aromatic amines is 1. The van der Waals surface area contributed by atoms with Gasteiger partial charge >= 0.3 is 0 Å². The first kappa shape index (κ1) is 18.3. The fraction of sp³-hybridized carbons (Fsp3) is 0.190. The maximum Gasteiger partial charge on any atom is 0.282 e. The van der Waals surface area contributed by atoms with Gasteiger partial charge in [-0.05, 0) is 50.1 Å². The molecule has 0 radical (unpaired) electrons. The highest BCUT2D eigenvalue weighted by molar-refractivity contribution is 7.20. The Labute approximate surface area is 165 Å². The van der Waals surface area contributed by atoms with Gasteiger partial charge in [0.1, 0.15) is 5.67 Å². The minimum atomic E-state index is -1.51. The number of thiazole rings is 1. The van der Waals surface area contributed by atoms with Gasteiger partial charge in [-0.15, -0.1) is 0 Å². The predicted octanol–water partition coefficient (Wildman–Crippen LogP) is 4.95. The van der Waals surface area contributed by atoms with Crippen molar-refractivity contribution in [3.8, 4) is 16.4 Å². The third kappa shape index (κ3) is 3.07. The maximum absolute atomic E-state index is 14.4. The van der Waals surface area contributed by atoms with Crippen LogP contribution in [0.4, 0.5) is 4.39 Å². The lowest BCUT2D eigenvalue weighted by Crippen LogP contribution is -2.16. The molecule has 2 aromatic heterocycles. The van der Waals surface area contributed by atoms with E-state index < -0.39 is 5.67 Å². The second-order valence-electron chi connectivity index (χ2n) is 7.21. The van der Waals surface area contributed by atoms with Crippen LogP contribution in [0, 0.1) is 12.3 Å². The average Bonchev–Trinajstić information content (AvgIpc) is 3.21. The summed E-state index contributed by atoms with van der Waals surface area (Å²) in [6.07, 6.45) is 1.02. The lowest BCUT2D eigenvalue weighted by molar-refractivity contribution is 0.221. The quantitative estimate of drug-likeness (QED) is 0.481. The number of fused-ring (bicyclic) bond motifs is 1. The first-order chi connectivity index (χ1) is 13.3. The number of benzene rings is 2. The standard InChI is InChI=1S/C21H19FN4OS/c1-12-7-8-16-17(9-12)28-20(24-16)26-19(27)15(11-23)18(25-26)13-5-4-6-14(10-13)21(2,3)22/h4-11,23,25H,1-3H3. The Hall–Kier alpha value is -3.06. The Bertz CT molecular complexity index is 1260. The minimum Gasteiger partial charge on any atom is -0.308 e. The van der Waals surface area contributed by atoms with E-state index in [1.807, 2.05) is 25.1 Å². The van der Waals surface area contributed by atoms with E-state index in [-0.39, 0.29) is 11.1 Å². The van der Waals surface area contributed by atoms with Gasteiger partial charge in [0, 0.05) is 11.8 Å². The number of hydrogen-bond acceptors (Lipinski definition) is 4. The van der Waals surface area contributed by atoms with E-state index >= 15 is 0 Å². The van der Waals surface area contributed by atoms with E-state index in [1.54, 1.807) is 24.3 Å². The van der Waals surface area contributed by atoms with Crippen molar-refractivity contribution < 1.29 is 4.39 Å². The molecule has 0 aliphatic heterocycles. The summed E-state index contributed by atoms with van der Waals surface area (Å²) in [6, 6.07) is 12.9. The highest BCUT2D eigenvalue weighted by Crippen LogP contribution is 2.30. The number of rotatable bonds is 4. The van der Waals surface area contributed by atoms with Crippen LogP contribution in [0.1, 0.15) is 30.5 Å². The molecule has 0 aliphatic carbocycles. The molecule has 0 aliphatic rings. The lowest BCUT2D eigenvalue weighted by Gasteiger charge is -2.15. The molecule has 142 valence electrons. The smallest absolute Gasteiger partial charge is 0.282 e. The van der Waals surface area contributed by atoms with Crippen molar-refractivity contribution in [2.45, 2.75) is 26.4 Å². The van der Waals surface area contributed by atoms with Gasteiger partial charge in [0.25, 0.3) is 5.56 Å². The first-order valence-corrected chi connectivity index (χ1v) is 9.62. The zero-order valence-corrected chi connectivity index (χ0v) is 16.5. The summed E-state index contributed by atoms with van der Waals surface area (Å²) in [5.41, 5.74) is 1.91. The van der Waals surface area contributed by atoms with Gasteiger partial charge < -0.3 is 5.41 Å². The number of aromatic nitrogens is 3. The Morgan fingerprint density at radius 1 is 1.25 bits per heavy atom. The number of halogens is 1. The number of hydrogen-bond donors (Lipinski definition) is 2. The minimum absolute atomic E-state index is 0.212.